The van der Waals surface area contributed by atoms with E-state index < -0.39 is 36.6 Å². The number of carbonyl (C=O) groups excluding carboxylic acids is 3. The lowest BCUT2D eigenvalue weighted by Gasteiger charge is -2.07. The molecule has 2 aromatic carbocycles. The minimum atomic E-state index is -0.788. The second-order valence-corrected chi connectivity index (χ2v) is 5.34. The first-order chi connectivity index (χ1) is 12.5. The van der Waals surface area contributed by atoms with E-state index in [1.54, 1.807) is 6.07 Å². The zero-order chi connectivity index (χ0) is 18.5. The number of halogens is 1. The average Bonchev–Trinajstić information content (AvgIpc) is 3.11. The highest BCUT2D eigenvalue weighted by atomic mass is 19.1. The molecule has 8 heteroatoms. The molecule has 2 aromatic rings. The van der Waals surface area contributed by atoms with Gasteiger partial charge in [-0.1, -0.05) is 6.07 Å². The van der Waals surface area contributed by atoms with Crippen LogP contribution in [0, 0.1) is 5.82 Å². The maximum atomic E-state index is 13.1. The Labute approximate surface area is 147 Å². The predicted octanol–water partition coefficient (Wildman–Crippen LogP) is 1.71. The molecule has 0 saturated carbocycles. The molecule has 26 heavy (non-hydrogen) atoms. The zero-order valence-corrected chi connectivity index (χ0v) is 13.5. The maximum Gasteiger partial charge on any atom is 0.325 e. The Morgan fingerprint density at radius 3 is 2.65 bits per heavy atom. The van der Waals surface area contributed by atoms with Crippen molar-refractivity contribution in [1.29, 1.82) is 0 Å². The number of ether oxygens (including phenoxy) is 3. The van der Waals surface area contributed by atoms with Gasteiger partial charge in [-0.25, -0.2) is 4.39 Å². The highest BCUT2D eigenvalue weighted by molar-refractivity contribution is 5.99. The van der Waals surface area contributed by atoms with Gasteiger partial charge in [0, 0.05) is 11.1 Å². The minimum absolute atomic E-state index is 0.0780. The highest BCUT2D eigenvalue weighted by Gasteiger charge is 2.17. The van der Waals surface area contributed by atoms with Crippen molar-refractivity contribution in [2.45, 2.75) is 0 Å². The number of benzene rings is 2. The van der Waals surface area contributed by atoms with Crippen molar-refractivity contribution in [3.8, 4) is 11.5 Å². The van der Waals surface area contributed by atoms with E-state index in [-0.39, 0.29) is 12.4 Å². The molecule has 1 aliphatic rings. The molecular formula is C18H14FNO6. The average molecular weight is 359 g/mol. The van der Waals surface area contributed by atoms with Crippen LogP contribution in [-0.2, 0) is 9.53 Å². The van der Waals surface area contributed by atoms with Crippen molar-refractivity contribution in [3.05, 3.63) is 59.4 Å². The first-order valence-electron chi connectivity index (χ1n) is 7.65. The standard InChI is InChI=1S/C18H14FNO6/c19-13-3-1-2-12(6-13)18(23)20-8-17(22)24-9-14(21)11-4-5-15-16(7-11)26-10-25-15/h1-7H,8-10H2,(H,20,23). The van der Waals surface area contributed by atoms with E-state index in [2.05, 4.69) is 5.32 Å². The molecule has 1 aliphatic heterocycles. The first kappa shape index (κ1) is 17.4. The van der Waals surface area contributed by atoms with Crippen LogP contribution in [0.4, 0.5) is 4.39 Å². The Morgan fingerprint density at radius 1 is 1.04 bits per heavy atom. The SMILES string of the molecule is O=C(CNC(=O)c1cccc(F)c1)OCC(=O)c1ccc2c(c1)OCO2. The molecule has 0 radical (unpaired) electrons. The van der Waals surface area contributed by atoms with Crippen LogP contribution in [0.5, 0.6) is 11.5 Å². The number of fused-ring (bicyclic) bond motifs is 1. The molecule has 0 atom stereocenters. The van der Waals surface area contributed by atoms with Crippen molar-refractivity contribution in [2.24, 2.45) is 0 Å². The van der Waals surface area contributed by atoms with Gasteiger partial charge in [-0.15, -0.1) is 0 Å². The van der Waals surface area contributed by atoms with E-state index >= 15 is 0 Å². The first-order valence-corrected chi connectivity index (χ1v) is 7.65. The number of esters is 1. The number of hydrogen-bond acceptors (Lipinski definition) is 6. The topological polar surface area (TPSA) is 90.9 Å². The van der Waals surface area contributed by atoms with Crippen LogP contribution >= 0.6 is 0 Å². The molecule has 0 fully saturated rings. The fraction of sp³-hybridized carbons (Fsp3) is 0.167. The molecule has 1 amide bonds. The molecule has 1 heterocycles. The van der Waals surface area contributed by atoms with Crippen LogP contribution in [0.2, 0.25) is 0 Å². The molecule has 134 valence electrons. The number of hydrogen-bond donors (Lipinski definition) is 1. The summed E-state index contributed by atoms with van der Waals surface area (Å²) in [6.45, 7) is -0.828. The molecule has 0 spiro atoms. The van der Waals surface area contributed by atoms with Gasteiger partial charge >= 0.3 is 5.97 Å². The number of nitrogens with one attached hydrogen (secondary N) is 1. The summed E-state index contributed by atoms with van der Waals surface area (Å²) in [5.74, 6) is -1.40. The minimum Gasteiger partial charge on any atom is -0.456 e. The van der Waals surface area contributed by atoms with Crippen LogP contribution in [0.3, 0.4) is 0 Å². The molecular weight excluding hydrogens is 345 g/mol. The number of rotatable bonds is 6. The monoisotopic (exact) mass is 359 g/mol. The van der Waals surface area contributed by atoms with Crippen molar-refractivity contribution >= 4 is 17.7 Å². The summed E-state index contributed by atoms with van der Waals surface area (Å²) in [5, 5.41) is 2.30. The summed E-state index contributed by atoms with van der Waals surface area (Å²) in [5.41, 5.74) is 0.389. The van der Waals surface area contributed by atoms with Gasteiger partial charge < -0.3 is 19.5 Å². The Kier molecular flexibility index (Phi) is 5.12. The highest BCUT2D eigenvalue weighted by Crippen LogP contribution is 2.32. The number of ketones is 1. The number of amides is 1. The van der Waals surface area contributed by atoms with Crippen molar-refractivity contribution in [2.75, 3.05) is 19.9 Å². The third-order valence-corrected chi connectivity index (χ3v) is 3.54. The van der Waals surface area contributed by atoms with Crippen LogP contribution in [0.15, 0.2) is 42.5 Å². The Bertz CT molecular complexity index is 867. The largest absolute Gasteiger partial charge is 0.456 e. The van der Waals surface area contributed by atoms with Crippen LogP contribution < -0.4 is 14.8 Å². The quantitative estimate of drug-likeness (QED) is 0.624. The van der Waals surface area contributed by atoms with Gasteiger partial charge in [-0.05, 0) is 36.4 Å². The van der Waals surface area contributed by atoms with Crippen LogP contribution in [0.25, 0.3) is 0 Å². The normalized spacial score (nSPS) is 11.7. The van der Waals surface area contributed by atoms with E-state index in [9.17, 15) is 18.8 Å². The third-order valence-electron chi connectivity index (χ3n) is 3.54. The van der Waals surface area contributed by atoms with Crippen LogP contribution in [0.1, 0.15) is 20.7 Å². The van der Waals surface area contributed by atoms with E-state index in [4.69, 9.17) is 14.2 Å². The van der Waals surface area contributed by atoms with Crippen LogP contribution in [-0.4, -0.2) is 37.6 Å². The Hall–Kier alpha value is -3.42. The summed E-state index contributed by atoms with van der Waals surface area (Å²) >= 11 is 0. The van der Waals surface area contributed by atoms with Gasteiger partial charge in [0.15, 0.2) is 23.9 Å². The summed E-state index contributed by atoms with van der Waals surface area (Å²) in [6.07, 6.45) is 0. The van der Waals surface area contributed by atoms with Gasteiger partial charge in [0.2, 0.25) is 6.79 Å². The fourth-order valence-electron chi connectivity index (χ4n) is 2.23. The van der Waals surface area contributed by atoms with Crippen molar-refractivity contribution < 1.29 is 33.0 Å². The van der Waals surface area contributed by atoms with Crippen molar-refractivity contribution in [1.82, 2.24) is 5.32 Å². The summed E-state index contributed by atoms with van der Waals surface area (Å²) in [6, 6.07) is 9.67. The van der Waals surface area contributed by atoms with E-state index in [1.807, 2.05) is 0 Å². The second-order valence-electron chi connectivity index (χ2n) is 5.34. The van der Waals surface area contributed by atoms with Gasteiger partial charge in [0.1, 0.15) is 12.4 Å². The van der Waals surface area contributed by atoms with Crippen molar-refractivity contribution in [3.63, 3.8) is 0 Å². The molecule has 1 N–H and O–H groups in total. The summed E-state index contributed by atoms with van der Waals surface area (Å²) < 4.78 is 28.2. The third kappa shape index (κ3) is 4.15. The molecule has 0 aromatic heterocycles. The van der Waals surface area contributed by atoms with E-state index in [1.165, 1.54) is 30.3 Å². The molecule has 7 nitrogen and oxygen atoms in total. The number of Topliss-reactive ketones (excluding diaryl/α,β-unsaturated/α-hetero) is 1. The van der Waals surface area contributed by atoms with Gasteiger partial charge in [0.05, 0.1) is 0 Å². The maximum absolute atomic E-state index is 13.1. The summed E-state index contributed by atoms with van der Waals surface area (Å²) in [4.78, 5) is 35.5. The second kappa shape index (κ2) is 7.64. The van der Waals surface area contributed by atoms with E-state index in [0.717, 1.165) is 6.07 Å². The lowest BCUT2D eigenvalue weighted by Crippen LogP contribution is -2.31. The van der Waals surface area contributed by atoms with Gasteiger partial charge in [0.25, 0.3) is 5.91 Å². The Morgan fingerprint density at radius 2 is 1.85 bits per heavy atom. The number of carbonyl (C=O) groups is 3. The lowest BCUT2D eigenvalue weighted by atomic mass is 10.1. The smallest absolute Gasteiger partial charge is 0.325 e. The van der Waals surface area contributed by atoms with E-state index in [0.29, 0.717) is 17.1 Å². The summed E-state index contributed by atoms with van der Waals surface area (Å²) in [7, 11) is 0. The molecule has 0 unspecified atom stereocenters. The van der Waals surface area contributed by atoms with Gasteiger partial charge in [-0.2, -0.15) is 0 Å². The Balaban J connectivity index is 1.46. The molecule has 0 saturated heterocycles. The fourth-order valence-corrected chi connectivity index (χ4v) is 2.23. The molecule has 3 rings (SSSR count). The lowest BCUT2D eigenvalue weighted by molar-refractivity contribution is -0.141. The predicted molar refractivity (Wildman–Crippen MR) is 86.6 cm³/mol. The van der Waals surface area contributed by atoms with Gasteiger partial charge in [-0.3, -0.25) is 14.4 Å². The zero-order valence-electron chi connectivity index (χ0n) is 13.5. The molecule has 0 aliphatic carbocycles. The molecule has 0 bridgehead atoms.